The molecular formula is C19H35ClN5O4P. The number of hydrogen-bond donors (Lipinski definition) is 4. The Hall–Kier alpha value is -1.48. The average Bonchev–Trinajstić information content (AvgIpc) is 2.72. The first-order chi connectivity index (χ1) is 14.2. The van der Waals surface area contributed by atoms with Crippen molar-refractivity contribution in [3.63, 3.8) is 0 Å². The number of hydrogen-bond acceptors (Lipinski definition) is 5. The van der Waals surface area contributed by atoms with Crippen LogP contribution >= 0.6 is 19.3 Å². The van der Waals surface area contributed by atoms with E-state index in [1.807, 2.05) is 20.8 Å². The van der Waals surface area contributed by atoms with Gasteiger partial charge in [0, 0.05) is 31.1 Å². The number of carbonyl (C=O) groups is 2. The van der Waals surface area contributed by atoms with Gasteiger partial charge in [0.25, 0.3) is 0 Å². The van der Waals surface area contributed by atoms with E-state index in [2.05, 4.69) is 5.32 Å². The van der Waals surface area contributed by atoms with E-state index in [1.54, 1.807) is 28.9 Å². The Morgan fingerprint density at radius 2 is 1.83 bits per heavy atom. The van der Waals surface area contributed by atoms with Crippen molar-refractivity contribution in [2.75, 3.05) is 24.3 Å². The molecule has 0 spiro atoms. The zero-order valence-electron chi connectivity index (χ0n) is 18.0. The number of anilines is 1. The second-order valence-corrected chi connectivity index (χ2v) is 8.61. The highest BCUT2D eigenvalue weighted by Crippen LogP contribution is 2.43. The molecule has 0 saturated carbocycles. The second kappa shape index (κ2) is 15.3. The molecule has 0 saturated heterocycles. The number of halogens is 1. The van der Waals surface area contributed by atoms with Gasteiger partial charge in [0.2, 0.25) is 11.8 Å². The van der Waals surface area contributed by atoms with Crippen LogP contribution in [0, 0.1) is 0 Å². The Bertz CT molecular complexity index is 684. The van der Waals surface area contributed by atoms with Crippen molar-refractivity contribution < 1.29 is 18.7 Å². The highest BCUT2D eigenvalue weighted by Gasteiger charge is 2.26. The average molecular weight is 464 g/mol. The molecule has 30 heavy (non-hydrogen) atoms. The van der Waals surface area contributed by atoms with E-state index in [1.165, 1.54) is 0 Å². The Labute approximate surface area is 184 Å². The van der Waals surface area contributed by atoms with Gasteiger partial charge in [-0.05, 0) is 30.5 Å². The molecule has 7 N–H and O–H groups in total. The lowest BCUT2D eigenvalue weighted by molar-refractivity contribution is -0.119. The topological polar surface area (TPSA) is 154 Å². The minimum atomic E-state index is -3.44. The molecule has 0 bridgehead atoms. The normalized spacial score (nSPS) is 13.7. The van der Waals surface area contributed by atoms with Gasteiger partial charge in [-0.2, -0.15) is 0 Å². The maximum absolute atomic E-state index is 12.6. The lowest BCUT2D eigenvalue weighted by atomic mass is 10.1. The molecule has 172 valence electrons. The number of amides is 2. The number of primary amides is 1. The number of nitrogens with zero attached hydrogens (tertiary/aromatic N) is 1. The third kappa shape index (κ3) is 11.1. The van der Waals surface area contributed by atoms with Crippen molar-refractivity contribution in [2.24, 2.45) is 17.0 Å². The zero-order chi connectivity index (χ0) is 23.2. The smallest absolute Gasteiger partial charge is 0.341 e. The van der Waals surface area contributed by atoms with Crippen LogP contribution in [-0.4, -0.2) is 41.5 Å². The maximum Gasteiger partial charge on any atom is 0.341 e. The van der Waals surface area contributed by atoms with Gasteiger partial charge in [0.1, 0.15) is 0 Å². The van der Waals surface area contributed by atoms with Crippen LogP contribution < -0.4 is 22.3 Å². The third-order valence-corrected chi connectivity index (χ3v) is 5.75. The molecule has 1 aromatic carbocycles. The molecule has 1 unspecified atom stereocenters. The molecule has 0 fully saturated rings. The number of rotatable bonds is 13. The first-order valence-corrected chi connectivity index (χ1v) is 12.2. The van der Waals surface area contributed by atoms with Crippen LogP contribution in [-0.2, 0) is 25.3 Å². The molecule has 11 heteroatoms. The monoisotopic (exact) mass is 463 g/mol. The quantitative estimate of drug-likeness (QED) is 0.259. The fraction of sp³-hybridized carbons (Fsp3) is 0.579. The van der Waals surface area contributed by atoms with Gasteiger partial charge < -0.3 is 21.3 Å². The van der Waals surface area contributed by atoms with E-state index in [9.17, 15) is 14.2 Å². The Morgan fingerprint density at radius 1 is 1.23 bits per heavy atom. The fourth-order valence-corrected chi connectivity index (χ4v) is 4.02. The lowest BCUT2D eigenvalue weighted by Gasteiger charge is -2.26. The van der Waals surface area contributed by atoms with E-state index in [4.69, 9.17) is 33.1 Å². The van der Waals surface area contributed by atoms with E-state index >= 15 is 0 Å². The largest absolute Gasteiger partial charge is 0.370 e. The van der Waals surface area contributed by atoms with Crippen molar-refractivity contribution in [2.45, 2.75) is 52.7 Å². The third-order valence-electron chi connectivity index (χ3n) is 3.89. The maximum atomic E-state index is 12.6. The highest BCUT2D eigenvalue weighted by atomic mass is 35.5. The SMILES string of the molecule is CC.CCCN(CCCl)P(N)(=O)OCc1ccc(NC(=O)[C@@H](N)CCC(N)=O)cc1. The van der Waals surface area contributed by atoms with Gasteiger partial charge >= 0.3 is 7.67 Å². The first-order valence-electron chi connectivity index (χ1n) is 9.97. The summed E-state index contributed by atoms with van der Waals surface area (Å²) in [5.41, 5.74) is 17.9. The molecule has 0 radical (unpaired) electrons. The summed E-state index contributed by atoms with van der Waals surface area (Å²) in [6, 6.07) is 5.94. The van der Waals surface area contributed by atoms with Crippen molar-refractivity contribution in [3.8, 4) is 0 Å². The molecule has 0 aliphatic rings. The van der Waals surface area contributed by atoms with Crippen LogP contribution in [0.3, 0.4) is 0 Å². The number of carbonyl (C=O) groups excluding carboxylic acids is 2. The summed E-state index contributed by atoms with van der Waals surface area (Å²) in [4.78, 5) is 22.7. The molecular weight excluding hydrogens is 429 g/mol. The molecule has 2 atom stereocenters. The Kier molecular flexibility index (Phi) is 14.6. The van der Waals surface area contributed by atoms with Gasteiger partial charge in [-0.15, -0.1) is 11.6 Å². The number of nitrogens with one attached hydrogen (secondary N) is 1. The number of alkyl halides is 1. The van der Waals surface area contributed by atoms with Crippen molar-refractivity contribution in [1.82, 2.24) is 4.67 Å². The zero-order valence-corrected chi connectivity index (χ0v) is 19.6. The van der Waals surface area contributed by atoms with E-state index in [-0.39, 0.29) is 19.4 Å². The van der Waals surface area contributed by atoms with Gasteiger partial charge in [-0.25, -0.2) is 10.2 Å². The van der Waals surface area contributed by atoms with Gasteiger partial charge in [0.05, 0.1) is 12.6 Å². The van der Waals surface area contributed by atoms with Gasteiger partial charge in [0.15, 0.2) is 0 Å². The number of nitrogens with two attached hydrogens (primary N) is 3. The molecule has 2 amide bonds. The molecule has 0 heterocycles. The van der Waals surface area contributed by atoms with Crippen molar-refractivity contribution in [3.05, 3.63) is 29.8 Å². The first kappa shape index (κ1) is 28.5. The highest BCUT2D eigenvalue weighted by molar-refractivity contribution is 7.53. The minimum absolute atomic E-state index is 0.0444. The summed E-state index contributed by atoms with van der Waals surface area (Å²) in [5, 5.41) is 2.66. The standard InChI is InChI=1S/C17H29ClN5O4P.C2H6/c1-2-10-23(11-9-18)28(21,26)27-12-13-3-5-14(6-4-13)22-17(25)15(19)7-8-16(20)24;1-2/h3-6,15H,2,7-12,19H2,1H3,(H2,20,24)(H2,21,26)(H,22,25);1-2H3/t15-,28?;/m0./s1. The molecule has 9 nitrogen and oxygen atoms in total. The Morgan fingerprint density at radius 3 is 2.33 bits per heavy atom. The lowest BCUT2D eigenvalue weighted by Crippen LogP contribution is -2.36. The van der Waals surface area contributed by atoms with Crippen molar-refractivity contribution >= 4 is 36.8 Å². The predicted molar refractivity (Wildman–Crippen MR) is 122 cm³/mol. The molecule has 1 rings (SSSR count). The summed E-state index contributed by atoms with van der Waals surface area (Å²) >= 11 is 5.73. The summed E-state index contributed by atoms with van der Waals surface area (Å²) in [7, 11) is -3.44. The van der Waals surface area contributed by atoms with Crippen LogP contribution in [0.5, 0.6) is 0 Å². The van der Waals surface area contributed by atoms with E-state index in [0.29, 0.717) is 24.7 Å². The summed E-state index contributed by atoms with van der Waals surface area (Å²) in [6.45, 7) is 6.92. The minimum Gasteiger partial charge on any atom is -0.370 e. The van der Waals surface area contributed by atoms with Crippen LogP contribution in [0.1, 0.15) is 45.6 Å². The van der Waals surface area contributed by atoms with Gasteiger partial charge in [-0.3, -0.25) is 14.2 Å². The van der Waals surface area contributed by atoms with Crippen LogP contribution in [0.25, 0.3) is 0 Å². The fourth-order valence-electron chi connectivity index (χ4n) is 2.34. The molecule has 1 aromatic rings. The van der Waals surface area contributed by atoms with E-state index < -0.39 is 25.5 Å². The summed E-state index contributed by atoms with van der Waals surface area (Å²) < 4.78 is 19.6. The Balaban J connectivity index is 0.00000407. The van der Waals surface area contributed by atoms with E-state index in [0.717, 1.165) is 12.0 Å². The van der Waals surface area contributed by atoms with Crippen molar-refractivity contribution in [1.29, 1.82) is 0 Å². The summed E-state index contributed by atoms with van der Waals surface area (Å²) in [5.74, 6) is -0.609. The molecule has 0 aliphatic carbocycles. The van der Waals surface area contributed by atoms with Crippen LogP contribution in [0.2, 0.25) is 0 Å². The van der Waals surface area contributed by atoms with Gasteiger partial charge in [-0.1, -0.05) is 32.9 Å². The molecule has 0 aromatic heterocycles. The summed E-state index contributed by atoms with van der Waals surface area (Å²) in [6.07, 6.45) is 0.996. The predicted octanol–water partition coefficient (Wildman–Crippen LogP) is 2.78. The van der Waals surface area contributed by atoms with Crippen LogP contribution in [0.15, 0.2) is 24.3 Å². The number of benzene rings is 1. The molecule has 0 aliphatic heterocycles. The van der Waals surface area contributed by atoms with Crippen LogP contribution in [0.4, 0.5) is 5.69 Å². The second-order valence-electron chi connectivity index (χ2n) is 6.28.